The highest BCUT2D eigenvalue weighted by Crippen LogP contribution is 2.17. The van der Waals surface area contributed by atoms with Crippen LogP contribution in [-0.4, -0.2) is 66.3 Å². The van der Waals surface area contributed by atoms with Crippen LogP contribution in [0.15, 0.2) is 4.52 Å². The van der Waals surface area contributed by atoms with Crippen LogP contribution in [0.4, 0.5) is 0 Å². The minimum absolute atomic E-state index is 0.490. The lowest BCUT2D eigenvalue weighted by Crippen LogP contribution is -2.34. The second kappa shape index (κ2) is 7.80. The summed E-state index contributed by atoms with van der Waals surface area (Å²) in [4.78, 5) is 8.99. The summed E-state index contributed by atoms with van der Waals surface area (Å²) >= 11 is 0. The van der Waals surface area contributed by atoms with Crippen molar-refractivity contribution in [3.05, 3.63) is 17.5 Å². The predicted octanol–water partition coefficient (Wildman–Crippen LogP) is 0.871. The molecule has 0 amide bonds. The maximum absolute atomic E-state index is 5.04. The van der Waals surface area contributed by atoms with Crippen molar-refractivity contribution in [3.8, 4) is 0 Å². The lowest BCUT2D eigenvalue weighted by atomic mass is 10.2. The van der Waals surface area contributed by atoms with Crippen LogP contribution in [0.2, 0.25) is 0 Å². The maximum atomic E-state index is 5.04. The fourth-order valence-corrected chi connectivity index (χ4v) is 3.09. The summed E-state index contributed by atoms with van der Waals surface area (Å²) in [5, 5.41) is 16.1. The molecule has 0 bridgehead atoms. The van der Waals surface area contributed by atoms with Crippen molar-refractivity contribution in [3.63, 3.8) is 0 Å². The average molecular weight is 334 g/mol. The fraction of sp³-hybridized carbons (Fsp3) is 0.800. The van der Waals surface area contributed by atoms with Crippen LogP contribution >= 0.6 is 0 Å². The lowest BCUT2D eigenvalue weighted by Gasteiger charge is -2.23. The Hall–Kier alpha value is -1.87. The number of hydrogen-bond acceptors (Lipinski definition) is 8. The molecule has 1 aliphatic heterocycles. The molecule has 0 spiro atoms. The zero-order valence-electron chi connectivity index (χ0n) is 14.7. The maximum Gasteiger partial charge on any atom is 0.223 e. The SMILES string of the molecule is CCCCn1nnnc1CN1CC[C@H](N(C)Cc2noc(C)n2)C1. The normalized spacial score (nSPS) is 18.8. The molecule has 24 heavy (non-hydrogen) atoms. The molecule has 3 rings (SSSR count). The van der Waals surface area contributed by atoms with Crippen molar-refractivity contribution >= 4 is 0 Å². The molecule has 1 atom stereocenters. The van der Waals surface area contributed by atoms with Gasteiger partial charge < -0.3 is 4.52 Å². The second-order valence-electron chi connectivity index (χ2n) is 6.49. The van der Waals surface area contributed by atoms with Crippen molar-refractivity contribution in [2.24, 2.45) is 0 Å². The van der Waals surface area contributed by atoms with Gasteiger partial charge in [0.15, 0.2) is 11.6 Å². The van der Waals surface area contributed by atoms with Gasteiger partial charge in [-0.25, -0.2) is 4.68 Å². The van der Waals surface area contributed by atoms with Crippen molar-refractivity contribution < 1.29 is 4.52 Å². The first-order valence-electron chi connectivity index (χ1n) is 8.62. The number of tetrazole rings is 1. The summed E-state index contributed by atoms with van der Waals surface area (Å²) in [6, 6.07) is 0.490. The zero-order valence-corrected chi connectivity index (χ0v) is 14.7. The Morgan fingerprint density at radius 2 is 2.25 bits per heavy atom. The third-order valence-electron chi connectivity index (χ3n) is 4.53. The van der Waals surface area contributed by atoms with E-state index in [4.69, 9.17) is 4.52 Å². The molecule has 1 aliphatic rings. The Bertz CT molecular complexity index is 639. The molecule has 1 fully saturated rings. The van der Waals surface area contributed by atoms with Crippen LogP contribution in [0.1, 0.15) is 43.7 Å². The van der Waals surface area contributed by atoms with E-state index in [9.17, 15) is 0 Å². The van der Waals surface area contributed by atoms with Gasteiger partial charge in [0.1, 0.15) is 0 Å². The minimum Gasteiger partial charge on any atom is -0.340 e. The standard InChI is InChI=1S/C15H26N8O/c1-4-5-7-23-15(17-19-20-23)11-22-8-6-13(9-22)21(3)10-14-16-12(2)24-18-14/h13H,4-11H2,1-3H3/t13-/m0/s1. The van der Waals surface area contributed by atoms with Crippen LogP contribution < -0.4 is 0 Å². The molecule has 0 unspecified atom stereocenters. The van der Waals surface area contributed by atoms with E-state index in [2.05, 4.69) is 49.4 Å². The molecular weight excluding hydrogens is 308 g/mol. The number of nitrogens with zero attached hydrogens (tertiary/aromatic N) is 8. The van der Waals surface area contributed by atoms with Crippen molar-refractivity contribution in [2.75, 3.05) is 20.1 Å². The van der Waals surface area contributed by atoms with Gasteiger partial charge in [-0.3, -0.25) is 9.80 Å². The van der Waals surface area contributed by atoms with Gasteiger partial charge in [0, 0.05) is 32.6 Å². The van der Waals surface area contributed by atoms with E-state index in [0.717, 1.165) is 57.1 Å². The van der Waals surface area contributed by atoms with E-state index < -0.39 is 0 Å². The fourth-order valence-electron chi connectivity index (χ4n) is 3.09. The number of aromatic nitrogens is 6. The highest BCUT2D eigenvalue weighted by Gasteiger charge is 2.27. The molecule has 0 radical (unpaired) electrons. The Labute approximate surface area is 142 Å². The van der Waals surface area contributed by atoms with Gasteiger partial charge in [-0.2, -0.15) is 4.98 Å². The third kappa shape index (κ3) is 4.15. The van der Waals surface area contributed by atoms with E-state index in [0.29, 0.717) is 18.5 Å². The molecule has 0 aliphatic carbocycles. The van der Waals surface area contributed by atoms with Crippen LogP contribution in [0, 0.1) is 6.92 Å². The zero-order chi connectivity index (χ0) is 16.9. The summed E-state index contributed by atoms with van der Waals surface area (Å²) in [7, 11) is 2.12. The predicted molar refractivity (Wildman–Crippen MR) is 86.9 cm³/mol. The van der Waals surface area contributed by atoms with Gasteiger partial charge in [0.2, 0.25) is 5.89 Å². The van der Waals surface area contributed by atoms with Gasteiger partial charge in [-0.05, 0) is 30.3 Å². The molecular formula is C15H26N8O. The van der Waals surface area contributed by atoms with Gasteiger partial charge in [-0.15, -0.1) is 5.10 Å². The number of hydrogen-bond donors (Lipinski definition) is 0. The summed E-state index contributed by atoms with van der Waals surface area (Å²) < 4.78 is 6.97. The highest BCUT2D eigenvalue weighted by atomic mass is 16.5. The Kier molecular flexibility index (Phi) is 5.52. The summed E-state index contributed by atoms with van der Waals surface area (Å²) in [6.07, 6.45) is 3.38. The largest absolute Gasteiger partial charge is 0.340 e. The lowest BCUT2D eigenvalue weighted by molar-refractivity contribution is 0.213. The Morgan fingerprint density at radius 1 is 1.38 bits per heavy atom. The Morgan fingerprint density at radius 3 is 3.00 bits per heavy atom. The monoisotopic (exact) mass is 334 g/mol. The average Bonchev–Trinajstić information content (AvgIpc) is 3.28. The second-order valence-corrected chi connectivity index (χ2v) is 6.49. The molecule has 9 heteroatoms. The topological polar surface area (TPSA) is 89.0 Å². The quantitative estimate of drug-likeness (QED) is 0.702. The molecule has 9 nitrogen and oxygen atoms in total. The molecule has 0 N–H and O–H groups in total. The van der Waals surface area contributed by atoms with Crippen molar-refractivity contribution in [1.29, 1.82) is 0 Å². The minimum atomic E-state index is 0.490. The molecule has 2 aromatic heterocycles. The van der Waals surface area contributed by atoms with E-state index in [1.807, 2.05) is 11.6 Å². The van der Waals surface area contributed by atoms with Crippen LogP contribution in [0.25, 0.3) is 0 Å². The number of rotatable bonds is 8. The van der Waals surface area contributed by atoms with E-state index in [1.165, 1.54) is 0 Å². The van der Waals surface area contributed by atoms with E-state index in [-0.39, 0.29) is 0 Å². The first-order valence-corrected chi connectivity index (χ1v) is 8.62. The van der Waals surface area contributed by atoms with Gasteiger partial charge in [0.05, 0.1) is 13.1 Å². The molecule has 132 valence electrons. The van der Waals surface area contributed by atoms with E-state index in [1.54, 1.807) is 0 Å². The smallest absolute Gasteiger partial charge is 0.223 e. The number of aryl methyl sites for hydroxylation is 2. The first kappa shape index (κ1) is 17.0. The number of unbranched alkanes of at least 4 members (excludes halogenated alkanes) is 1. The van der Waals surface area contributed by atoms with Crippen molar-refractivity contribution in [2.45, 2.75) is 58.8 Å². The summed E-state index contributed by atoms with van der Waals surface area (Å²) in [5.74, 6) is 2.32. The summed E-state index contributed by atoms with van der Waals surface area (Å²) in [6.45, 7) is 8.47. The van der Waals surface area contributed by atoms with Gasteiger partial charge >= 0.3 is 0 Å². The van der Waals surface area contributed by atoms with E-state index >= 15 is 0 Å². The van der Waals surface area contributed by atoms with Crippen molar-refractivity contribution in [1.82, 2.24) is 40.1 Å². The molecule has 0 aromatic carbocycles. The summed E-state index contributed by atoms with van der Waals surface area (Å²) in [5.41, 5.74) is 0. The molecule has 0 saturated carbocycles. The van der Waals surface area contributed by atoms with Crippen LogP contribution in [0.5, 0.6) is 0 Å². The van der Waals surface area contributed by atoms with Gasteiger partial charge in [-0.1, -0.05) is 18.5 Å². The third-order valence-corrected chi connectivity index (χ3v) is 4.53. The highest BCUT2D eigenvalue weighted by molar-refractivity contribution is 4.90. The molecule has 2 aromatic rings. The molecule has 3 heterocycles. The number of likely N-dealkylation sites (N-methyl/N-ethyl adjacent to an activating group) is 1. The first-order chi connectivity index (χ1) is 11.7. The Balaban J connectivity index is 1.51. The van der Waals surface area contributed by atoms with Gasteiger partial charge in [0.25, 0.3) is 0 Å². The molecule has 1 saturated heterocycles. The van der Waals surface area contributed by atoms with Crippen LogP contribution in [0.3, 0.4) is 0 Å². The number of likely N-dealkylation sites (tertiary alicyclic amines) is 1. The van der Waals surface area contributed by atoms with Crippen LogP contribution in [-0.2, 0) is 19.6 Å².